The zero-order chi connectivity index (χ0) is 58.2. The van der Waals surface area contributed by atoms with Crippen molar-refractivity contribution in [1.29, 1.82) is 0 Å². The van der Waals surface area contributed by atoms with Crippen molar-refractivity contribution in [3.8, 4) is 0 Å². The number of Topliss-reactive ketones (excluding diaryl/α,β-unsaturated/α-hetero) is 1. The van der Waals surface area contributed by atoms with Crippen LogP contribution in [-0.4, -0.2) is 170 Å². The van der Waals surface area contributed by atoms with E-state index in [0.29, 0.717) is 0 Å². The molecule has 2 heterocycles. The van der Waals surface area contributed by atoms with Crippen LogP contribution in [0.1, 0.15) is 99.5 Å². The first-order valence-electron chi connectivity index (χ1n) is 26.0. The van der Waals surface area contributed by atoms with Crippen LogP contribution in [0.15, 0.2) is 102 Å². The van der Waals surface area contributed by atoms with Crippen molar-refractivity contribution in [3.63, 3.8) is 0 Å². The van der Waals surface area contributed by atoms with Crippen LogP contribution in [-0.2, 0) is 66.7 Å². The molecule has 5 aliphatic rings. The number of fused-ring (bicyclic) bond motifs is 5. The summed E-state index contributed by atoms with van der Waals surface area (Å²) in [6, 6.07) is 21.5. The highest BCUT2D eigenvalue weighted by Gasteiger charge is 2.78. The van der Waals surface area contributed by atoms with Crippen molar-refractivity contribution in [2.75, 3.05) is 13.2 Å². The van der Waals surface area contributed by atoms with E-state index in [4.69, 9.17) is 37.9 Å². The molecule has 23 heteroatoms. The number of carbonyl (C=O) groups is 8. The van der Waals surface area contributed by atoms with Gasteiger partial charge in [0.15, 0.2) is 29.9 Å². The number of ketones is 1. The van der Waals surface area contributed by atoms with Crippen molar-refractivity contribution in [1.82, 2.24) is 5.32 Å². The summed E-state index contributed by atoms with van der Waals surface area (Å²) in [6.07, 6.45) is -22.3. The summed E-state index contributed by atoms with van der Waals surface area (Å²) in [4.78, 5) is 114. The molecule has 23 nitrogen and oxygen atoms in total. The number of nitrogens with one attached hydrogen (secondary N) is 1. The summed E-state index contributed by atoms with van der Waals surface area (Å²) in [5, 5.41) is 69.8. The molecule has 8 rings (SSSR count). The number of aliphatic hydroxyl groups is 6. The molecule has 1 amide bonds. The second-order valence-electron chi connectivity index (χ2n) is 21.5. The van der Waals surface area contributed by atoms with E-state index in [1.165, 1.54) is 64.1 Å². The van der Waals surface area contributed by atoms with Crippen molar-refractivity contribution in [3.05, 3.63) is 119 Å². The average Bonchev–Trinajstić information content (AvgIpc) is 3.61. The molecular formula is C57H65NO22. The fourth-order valence-electron chi connectivity index (χ4n) is 12.1. The number of rotatable bonds is 16. The summed E-state index contributed by atoms with van der Waals surface area (Å²) in [5.74, 6) is -10.1. The van der Waals surface area contributed by atoms with E-state index >= 15 is 9.59 Å². The molecule has 80 heavy (non-hydrogen) atoms. The first-order chi connectivity index (χ1) is 37.8. The fourth-order valence-corrected chi connectivity index (χ4v) is 12.1. The zero-order valence-corrected chi connectivity index (χ0v) is 44.6. The van der Waals surface area contributed by atoms with Crippen molar-refractivity contribution < 1.29 is 107 Å². The summed E-state index contributed by atoms with van der Waals surface area (Å²) in [6.45, 7) is 6.66. The van der Waals surface area contributed by atoms with Gasteiger partial charge in [-0.1, -0.05) is 80.6 Å². The molecule has 3 unspecified atom stereocenters. The lowest BCUT2D eigenvalue weighted by Crippen LogP contribution is -2.82. The van der Waals surface area contributed by atoms with Gasteiger partial charge in [0.25, 0.3) is 5.91 Å². The minimum Gasteiger partial charge on any atom is -0.456 e. The van der Waals surface area contributed by atoms with Gasteiger partial charge in [0, 0.05) is 37.7 Å². The minimum absolute atomic E-state index is 0.0119. The topological polar surface area (TPSA) is 344 Å². The molecule has 3 aliphatic carbocycles. The van der Waals surface area contributed by atoms with Crippen LogP contribution in [0.25, 0.3) is 0 Å². The molecule has 7 N–H and O–H groups in total. The Morgan fingerprint density at radius 1 is 0.762 bits per heavy atom. The van der Waals surface area contributed by atoms with Gasteiger partial charge < -0.3 is 73.9 Å². The van der Waals surface area contributed by atoms with Crippen LogP contribution in [0.3, 0.4) is 0 Å². The SMILES string of the molecule is CC(=O)O[C@H]1C(=O)[C@@]2(C)C(C(OC(=O)c3ccccc3)[C@]3(O)C[C@H](OC(=O)[C@H](OC(=O)CCC(=O)O[C@H]4[C@H](O)[C@@H](CO)OC(O)[C@@H]4O)[C@@H](NC(=O)c4ccccc4)c4ccccc4)C(C)=C1C3(C)C)[C@]1(OC(C)=O)CO[C@@H]1C[C@@H]2O. The predicted molar refractivity (Wildman–Crippen MR) is 271 cm³/mol. The quantitative estimate of drug-likeness (QED) is 0.0606. The van der Waals surface area contributed by atoms with E-state index in [-0.39, 0.29) is 34.3 Å². The number of ether oxygens (including phenoxy) is 8. The lowest BCUT2D eigenvalue weighted by molar-refractivity contribution is -0.346. The molecule has 3 aromatic carbocycles. The van der Waals surface area contributed by atoms with Gasteiger partial charge in [0.2, 0.25) is 6.10 Å². The number of esters is 6. The Bertz CT molecular complexity index is 2880. The van der Waals surface area contributed by atoms with Gasteiger partial charge >= 0.3 is 35.8 Å². The third kappa shape index (κ3) is 10.9. The number of hydrogen-bond acceptors (Lipinski definition) is 22. The second-order valence-corrected chi connectivity index (χ2v) is 21.5. The van der Waals surface area contributed by atoms with E-state index in [2.05, 4.69) is 5.32 Å². The number of aliphatic hydroxyl groups excluding tert-OH is 5. The number of hydrogen-bond donors (Lipinski definition) is 7. The van der Waals surface area contributed by atoms with Crippen molar-refractivity contribution >= 4 is 47.5 Å². The highest BCUT2D eigenvalue weighted by molar-refractivity contribution is 5.96. The summed E-state index contributed by atoms with van der Waals surface area (Å²) < 4.78 is 46.8. The number of benzene rings is 3. The van der Waals surface area contributed by atoms with Gasteiger partial charge in [-0.2, -0.15) is 0 Å². The molecule has 2 saturated heterocycles. The molecule has 0 radical (unpaired) electrons. The normalized spacial score (nSPS) is 33.0. The minimum atomic E-state index is -2.57. The lowest BCUT2D eigenvalue weighted by Gasteiger charge is -2.67. The molecule has 430 valence electrons. The smallest absolute Gasteiger partial charge is 0.350 e. The van der Waals surface area contributed by atoms with Crippen LogP contribution in [0.2, 0.25) is 0 Å². The number of carbonyl (C=O) groups excluding carboxylic acids is 8. The standard InChI is InChI=1S/C57H65NO22/c1-28-34(75-53(71)45(41(31-16-10-7-11-17-31)58-50(68)32-18-12-8-13-19-32)77-38(63)22-23-39(64)78-46-42(65)35(26-59)76-52(70)43(46)66)25-57(72)49(79-51(69)33-20-14-9-15-21-33)47-55(6,36(62)24-37-56(47,27-73-37)80-30(3)61)48(67)44(74-29(2)60)40(28)54(57,4)5/h7-21,34-37,41-47,49,52,59,62,65-66,70,72H,22-27H2,1-6H3,(H,58,68)/t34-,35+,36-,37+,41-,42+,43+,44+,45+,46-,47?,49?,52?,55+,56-,57+/m0/s1. The predicted octanol–water partition coefficient (Wildman–Crippen LogP) is 1.41. The Hall–Kier alpha value is -6.96. The largest absolute Gasteiger partial charge is 0.456 e. The van der Waals surface area contributed by atoms with Crippen LogP contribution in [0, 0.1) is 16.7 Å². The van der Waals surface area contributed by atoms with E-state index in [1.807, 2.05) is 0 Å². The Labute approximate surface area is 459 Å². The molecular weight excluding hydrogens is 1050 g/mol. The maximum atomic E-state index is 15.8. The van der Waals surface area contributed by atoms with Crippen molar-refractivity contribution in [2.45, 2.75) is 152 Å². The monoisotopic (exact) mass is 1120 g/mol. The number of amides is 1. The van der Waals surface area contributed by atoms with Crippen LogP contribution >= 0.6 is 0 Å². The molecule has 3 aromatic rings. The Morgan fingerprint density at radius 3 is 1.94 bits per heavy atom. The molecule has 2 aliphatic heterocycles. The van der Waals surface area contributed by atoms with Gasteiger partial charge in [-0.15, -0.1) is 0 Å². The summed E-state index contributed by atoms with van der Waals surface area (Å²) in [5.41, 5.74) is -8.28. The van der Waals surface area contributed by atoms with Gasteiger partial charge in [-0.25, -0.2) is 9.59 Å². The highest BCUT2D eigenvalue weighted by Crippen LogP contribution is 2.64. The fraction of sp³-hybridized carbons (Fsp3) is 0.509. The molecule has 4 fully saturated rings. The van der Waals surface area contributed by atoms with Crippen LogP contribution in [0.4, 0.5) is 0 Å². The molecule has 0 aromatic heterocycles. The average molecular weight is 1120 g/mol. The van der Waals surface area contributed by atoms with E-state index < -0.39 is 181 Å². The molecule has 0 spiro atoms. The molecule has 2 bridgehead atoms. The van der Waals surface area contributed by atoms with E-state index in [0.717, 1.165) is 13.8 Å². The third-order valence-corrected chi connectivity index (χ3v) is 16.4. The third-order valence-electron chi connectivity index (χ3n) is 16.4. The van der Waals surface area contributed by atoms with Crippen LogP contribution in [0.5, 0.6) is 0 Å². The first-order valence-corrected chi connectivity index (χ1v) is 26.0. The van der Waals surface area contributed by atoms with E-state index in [9.17, 15) is 59.4 Å². The molecule has 2 saturated carbocycles. The highest BCUT2D eigenvalue weighted by atomic mass is 16.7. The Balaban J connectivity index is 1.23. The van der Waals surface area contributed by atoms with Crippen LogP contribution < -0.4 is 5.32 Å². The summed E-state index contributed by atoms with van der Waals surface area (Å²) in [7, 11) is 0. The summed E-state index contributed by atoms with van der Waals surface area (Å²) >= 11 is 0. The van der Waals surface area contributed by atoms with Gasteiger partial charge in [-0.3, -0.25) is 28.8 Å². The lowest BCUT2D eigenvalue weighted by atomic mass is 9.44. The van der Waals surface area contributed by atoms with E-state index in [1.54, 1.807) is 54.6 Å². The Kier molecular flexibility index (Phi) is 17.2. The van der Waals surface area contributed by atoms with Gasteiger partial charge in [0.05, 0.1) is 49.1 Å². The Morgan fingerprint density at radius 2 is 1.36 bits per heavy atom. The second kappa shape index (κ2) is 23.3. The van der Waals surface area contributed by atoms with Gasteiger partial charge in [0.1, 0.15) is 48.3 Å². The maximum absolute atomic E-state index is 15.8. The first kappa shape index (κ1) is 59.2. The van der Waals surface area contributed by atoms with Crippen molar-refractivity contribution in [2.24, 2.45) is 16.7 Å². The van der Waals surface area contributed by atoms with Gasteiger partial charge in [-0.05, 0) is 54.8 Å². The maximum Gasteiger partial charge on any atom is 0.350 e. The molecule has 16 atom stereocenters. The zero-order valence-electron chi connectivity index (χ0n) is 44.6.